The molecule has 7 nitrogen and oxygen atoms in total. The summed E-state index contributed by atoms with van der Waals surface area (Å²) in [5.41, 5.74) is 4.24. The molecule has 2 aromatic heterocycles. The quantitative estimate of drug-likeness (QED) is 0.462. The van der Waals surface area contributed by atoms with Crippen LogP contribution in [0.15, 0.2) is 57.9 Å². The van der Waals surface area contributed by atoms with E-state index in [1.54, 1.807) is 28.9 Å². The molecule has 1 N–H and O–H groups in total. The van der Waals surface area contributed by atoms with Crippen LogP contribution in [0, 0.1) is 27.7 Å². The van der Waals surface area contributed by atoms with Gasteiger partial charge in [0.1, 0.15) is 36.1 Å². The van der Waals surface area contributed by atoms with Crippen molar-refractivity contribution >= 4 is 11.0 Å². The number of hydrogen-bond acceptors (Lipinski definition) is 6. The summed E-state index contributed by atoms with van der Waals surface area (Å²) in [6.07, 6.45) is 0.566. The van der Waals surface area contributed by atoms with E-state index >= 15 is 0 Å². The number of rotatable bonds is 7. The highest BCUT2D eigenvalue weighted by molar-refractivity contribution is 5.79. The van der Waals surface area contributed by atoms with Crippen molar-refractivity contribution < 1.29 is 19.0 Å². The van der Waals surface area contributed by atoms with Crippen LogP contribution in [0.25, 0.3) is 11.0 Å². The summed E-state index contributed by atoms with van der Waals surface area (Å²) in [4.78, 5) is 12.8. The van der Waals surface area contributed by atoms with Crippen LogP contribution in [-0.4, -0.2) is 27.6 Å². The maximum Gasteiger partial charge on any atom is 0.235 e. The van der Waals surface area contributed by atoms with Crippen molar-refractivity contribution in [3.05, 3.63) is 81.5 Å². The van der Waals surface area contributed by atoms with Gasteiger partial charge in [0.2, 0.25) is 11.2 Å². The first kappa shape index (κ1) is 21.6. The minimum absolute atomic E-state index is 0.0850. The molecule has 0 radical (unpaired) electrons. The summed E-state index contributed by atoms with van der Waals surface area (Å²) in [6, 6.07) is 12.4. The molecule has 0 saturated carbocycles. The van der Waals surface area contributed by atoms with Gasteiger partial charge in [-0.3, -0.25) is 9.48 Å². The molecule has 2 aromatic carbocycles. The van der Waals surface area contributed by atoms with Gasteiger partial charge in [-0.05, 0) is 63.1 Å². The largest absolute Gasteiger partial charge is 0.491 e. The summed E-state index contributed by atoms with van der Waals surface area (Å²) >= 11 is 0. The lowest BCUT2D eigenvalue weighted by Gasteiger charge is -2.14. The number of fused-ring (bicyclic) bond motifs is 1. The summed E-state index contributed by atoms with van der Waals surface area (Å²) in [7, 11) is 0. The number of aryl methyl sites for hydroxylation is 2. The molecule has 32 heavy (non-hydrogen) atoms. The Morgan fingerprint density at radius 1 is 1.09 bits per heavy atom. The second-order valence-electron chi connectivity index (χ2n) is 7.95. The van der Waals surface area contributed by atoms with Crippen LogP contribution >= 0.6 is 0 Å². The molecule has 4 aromatic rings. The van der Waals surface area contributed by atoms with E-state index in [-0.39, 0.29) is 17.8 Å². The Kier molecular flexibility index (Phi) is 6.01. The standard InChI is InChI=1S/C25H26N2O5/c1-15-6-5-7-21(10-15)32-24-14-31-23-11-20(8-9-22(23)25(24)29)30-13-19(28)12-27-18(4)16(2)17(3)26-27/h5-11,14,19,28H,12-13H2,1-4H3. The minimum atomic E-state index is -0.736. The molecule has 2 heterocycles. The van der Waals surface area contributed by atoms with Crippen LogP contribution in [0.2, 0.25) is 0 Å². The van der Waals surface area contributed by atoms with Crippen LogP contribution in [0.4, 0.5) is 0 Å². The third kappa shape index (κ3) is 4.53. The molecular formula is C25H26N2O5. The zero-order valence-electron chi connectivity index (χ0n) is 18.6. The Hall–Kier alpha value is -3.58. The minimum Gasteiger partial charge on any atom is -0.491 e. The van der Waals surface area contributed by atoms with E-state index in [0.29, 0.717) is 29.0 Å². The van der Waals surface area contributed by atoms with Crippen molar-refractivity contribution in [1.29, 1.82) is 0 Å². The lowest BCUT2D eigenvalue weighted by molar-refractivity contribution is 0.0887. The Morgan fingerprint density at radius 3 is 2.62 bits per heavy atom. The van der Waals surface area contributed by atoms with E-state index < -0.39 is 6.10 Å². The van der Waals surface area contributed by atoms with E-state index in [1.807, 2.05) is 45.9 Å². The normalized spacial score (nSPS) is 12.2. The van der Waals surface area contributed by atoms with Crippen molar-refractivity contribution in [3.8, 4) is 17.2 Å². The van der Waals surface area contributed by atoms with Crippen molar-refractivity contribution in [2.24, 2.45) is 0 Å². The first-order valence-corrected chi connectivity index (χ1v) is 10.4. The van der Waals surface area contributed by atoms with Crippen LogP contribution in [-0.2, 0) is 6.54 Å². The average molecular weight is 434 g/mol. The Labute approximate surface area is 185 Å². The second kappa shape index (κ2) is 8.88. The smallest absolute Gasteiger partial charge is 0.235 e. The highest BCUT2D eigenvalue weighted by Crippen LogP contribution is 2.24. The number of ether oxygens (including phenoxy) is 2. The van der Waals surface area contributed by atoms with E-state index in [2.05, 4.69) is 5.10 Å². The van der Waals surface area contributed by atoms with Gasteiger partial charge < -0.3 is 19.0 Å². The molecule has 7 heteroatoms. The molecule has 0 aliphatic heterocycles. The molecule has 166 valence electrons. The van der Waals surface area contributed by atoms with Crippen molar-refractivity contribution in [1.82, 2.24) is 9.78 Å². The Bertz CT molecular complexity index is 1320. The van der Waals surface area contributed by atoms with Gasteiger partial charge in [0.25, 0.3) is 0 Å². The van der Waals surface area contributed by atoms with Gasteiger partial charge in [-0.15, -0.1) is 0 Å². The van der Waals surface area contributed by atoms with Gasteiger partial charge in [-0.25, -0.2) is 0 Å². The highest BCUT2D eigenvalue weighted by Gasteiger charge is 2.14. The Morgan fingerprint density at radius 2 is 1.91 bits per heavy atom. The molecule has 1 atom stereocenters. The summed E-state index contributed by atoms with van der Waals surface area (Å²) < 4.78 is 18.8. The third-order valence-corrected chi connectivity index (χ3v) is 5.50. The zero-order valence-corrected chi connectivity index (χ0v) is 18.6. The first-order valence-electron chi connectivity index (χ1n) is 10.4. The van der Waals surface area contributed by atoms with E-state index in [4.69, 9.17) is 13.9 Å². The van der Waals surface area contributed by atoms with Crippen molar-refractivity contribution in [2.45, 2.75) is 40.3 Å². The maximum absolute atomic E-state index is 12.8. The maximum atomic E-state index is 12.8. The molecule has 1 unspecified atom stereocenters. The van der Waals surface area contributed by atoms with Crippen molar-refractivity contribution in [3.63, 3.8) is 0 Å². The monoisotopic (exact) mass is 434 g/mol. The summed E-state index contributed by atoms with van der Waals surface area (Å²) in [5.74, 6) is 1.19. The van der Waals surface area contributed by atoms with Crippen molar-refractivity contribution in [2.75, 3.05) is 6.61 Å². The molecule has 0 bridgehead atoms. The van der Waals surface area contributed by atoms with Gasteiger partial charge in [-0.2, -0.15) is 5.10 Å². The van der Waals surface area contributed by atoms with E-state index in [1.165, 1.54) is 6.26 Å². The summed E-state index contributed by atoms with van der Waals surface area (Å²) in [6.45, 7) is 8.31. The van der Waals surface area contributed by atoms with Crippen LogP contribution in [0.1, 0.15) is 22.5 Å². The number of aliphatic hydroxyl groups excluding tert-OH is 1. The van der Waals surface area contributed by atoms with Gasteiger partial charge in [0, 0.05) is 11.8 Å². The topological polar surface area (TPSA) is 86.7 Å². The SMILES string of the molecule is Cc1cccc(Oc2coc3cc(OCC(O)Cn4nc(C)c(C)c4C)ccc3c2=O)c1. The molecule has 0 spiro atoms. The zero-order chi connectivity index (χ0) is 22.8. The second-order valence-corrected chi connectivity index (χ2v) is 7.95. The van der Waals surface area contributed by atoms with Gasteiger partial charge in [0.15, 0.2) is 0 Å². The first-order chi connectivity index (χ1) is 15.3. The fourth-order valence-electron chi connectivity index (χ4n) is 3.47. The Balaban J connectivity index is 1.45. The molecule has 0 aliphatic rings. The van der Waals surface area contributed by atoms with Crippen LogP contribution in [0.3, 0.4) is 0 Å². The number of nitrogens with zero attached hydrogens (tertiary/aromatic N) is 2. The molecule has 0 saturated heterocycles. The number of benzene rings is 2. The molecule has 0 amide bonds. The lowest BCUT2D eigenvalue weighted by Crippen LogP contribution is -2.24. The van der Waals surface area contributed by atoms with E-state index in [9.17, 15) is 9.90 Å². The van der Waals surface area contributed by atoms with Crippen LogP contribution in [0.5, 0.6) is 17.2 Å². The molecule has 0 fully saturated rings. The number of hydrogen-bond donors (Lipinski definition) is 1. The predicted octanol–water partition coefficient (Wildman–Crippen LogP) is 4.46. The predicted molar refractivity (Wildman–Crippen MR) is 122 cm³/mol. The van der Waals surface area contributed by atoms with Gasteiger partial charge >= 0.3 is 0 Å². The molecular weight excluding hydrogens is 408 g/mol. The van der Waals surface area contributed by atoms with Crippen LogP contribution < -0.4 is 14.9 Å². The fraction of sp³-hybridized carbons (Fsp3) is 0.280. The lowest BCUT2D eigenvalue weighted by atomic mass is 10.2. The fourth-order valence-corrected chi connectivity index (χ4v) is 3.47. The van der Waals surface area contributed by atoms with Gasteiger partial charge in [0.05, 0.1) is 17.6 Å². The number of aliphatic hydroxyl groups is 1. The highest BCUT2D eigenvalue weighted by atomic mass is 16.5. The van der Waals surface area contributed by atoms with Gasteiger partial charge in [-0.1, -0.05) is 12.1 Å². The molecule has 4 rings (SSSR count). The molecule has 0 aliphatic carbocycles. The third-order valence-electron chi connectivity index (χ3n) is 5.50. The number of aromatic nitrogens is 2. The van der Waals surface area contributed by atoms with E-state index in [0.717, 1.165) is 22.5 Å². The summed E-state index contributed by atoms with van der Waals surface area (Å²) in [5, 5.41) is 15.2. The average Bonchev–Trinajstić information content (AvgIpc) is 3.01.